The molecular formula is C24H15BrCl2N2O4S. The van der Waals surface area contributed by atoms with Crippen LogP contribution in [0.5, 0.6) is 5.75 Å². The quantitative estimate of drug-likeness (QED) is 0.170. The van der Waals surface area contributed by atoms with Gasteiger partial charge in [-0.25, -0.2) is 4.79 Å². The SMILES string of the molecule is O=C(O)/C(=C/c1ccc(OCc2ccc(Cl)cc2)c(Br)c1)Sc1nnc(-c2ccc(Cl)cc2)o1. The van der Waals surface area contributed by atoms with Crippen molar-refractivity contribution in [1.29, 1.82) is 0 Å². The Morgan fingerprint density at radius 2 is 1.71 bits per heavy atom. The van der Waals surface area contributed by atoms with Gasteiger partial charge in [-0.3, -0.25) is 0 Å². The van der Waals surface area contributed by atoms with Crippen molar-refractivity contribution in [3.05, 3.63) is 97.3 Å². The molecular weight excluding hydrogens is 563 g/mol. The molecule has 0 spiro atoms. The zero-order chi connectivity index (χ0) is 24.1. The van der Waals surface area contributed by atoms with Crippen LogP contribution in [0, 0.1) is 0 Å². The van der Waals surface area contributed by atoms with Crippen LogP contribution in [0.15, 0.2) is 85.7 Å². The van der Waals surface area contributed by atoms with Gasteiger partial charge in [0.25, 0.3) is 5.22 Å². The lowest BCUT2D eigenvalue weighted by Crippen LogP contribution is -1.98. The molecule has 0 aliphatic heterocycles. The normalized spacial score (nSPS) is 11.4. The highest BCUT2D eigenvalue weighted by molar-refractivity contribution is 9.10. The summed E-state index contributed by atoms with van der Waals surface area (Å²) in [5, 5.41) is 18.9. The van der Waals surface area contributed by atoms with Crippen molar-refractivity contribution < 1.29 is 19.1 Å². The Morgan fingerprint density at radius 3 is 2.35 bits per heavy atom. The summed E-state index contributed by atoms with van der Waals surface area (Å²) >= 11 is 16.2. The molecule has 172 valence electrons. The van der Waals surface area contributed by atoms with E-state index in [1.807, 2.05) is 12.1 Å². The number of benzene rings is 3. The van der Waals surface area contributed by atoms with Gasteiger partial charge in [0.1, 0.15) is 17.3 Å². The molecule has 34 heavy (non-hydrogen) atoms. The molecule has 1 N–H and O–H groups in total. The Balaban J connectivity index is 1.47. The first-order valence-electron chi connectivity index (χ1n) is 9.76. The molecule has 0 saturated heterocycles. The van der Waals surface area contributed by atoms with E-state index in [9.17, 15) is 9.90 Å². The summed E-state index contributed by atoms with van der Waals surface area (Å²) in [6.45, 7) is 0.369. The number of nitrogens with zero attached hydrogens (tertiary/aromatic N) is 2. The van der Waals surface area contributed by atoms with Crippen LogP contribution in [-0.2, 0) is 11.4 Å². The zero-order valence-electron chi connectivity index (χ0n) is 17.2. The lowest BCUT2D eigenvalue weighted by Gasteiger charge is -2.09. The summed E-state index contributed by atoms with van der Waals surface area (Å²) in [5.74, 6) is -0.217. The summed E-state index contributed by atoms with van der Waals surface area (Å²) in [5.41, 5.74) is 2.32. The summed E-state index contributed by atoms with van der Waals surface area (Å²) in [4.78, 5) is 11.8. The van der Waals surface area contributed by atoms with Crippen molar-refractivity contribution in [2.24, 2.45) is 0 Å². The van der Waals surface area contributed by atoms with Crippen molar-refractivity contribution >= 4 is 62.9 Å². The number of aliphatic carboxylic acids is 1. The van der Waals surface area contributed by atoms with E-state index in [1.54, 1.807) is 54.6 Å². The van der Waals surface area contributed by atoms with E-state index < -0.39 is 5.97 Å². The molecule has 4 rings (SSSR count). The van der Waals surface area contributed by atoms with E-state index in [0.29, 0.717) is 38.0 Å². The second kappa shape index (κ2) is 11.1. The van der Waals surface area contributed by atoms with E-state index in [1.165, 1.54) is 6.08 Å². The molecule has 1 heterocycles. The number of carbonyl (C=O) groups is 1. The lowest BCUT2D eigenvalue weighted by molar-refractivity contribution is -0.131. The maximum Gasteiger partial charge on any atom is 0.342 e. The van der Waals surface area contributed by atoms with Crippen LogP contribution in [0.1, 0.15) is 11.1 Å². The minimum atomic E-state index is -1.12. The van der Waals surface area contributed by atoms with Gasteiger partial charge in [-0.2, -0.15) is 0 Å². The lowest BCUT2D eigenvalue weighted by atomic mass is 10.2. The van der Waals surface area contributed by atoms with Gasteiger partial charge < -0.3 is 14.3 Å². The zero-order valence-corrected chi connectivity index (χ0v) is 21.2. The van der Waals surface area contributed by atoms with Crippen molar-refractivity contribution in [2.45, 2.75) is 11.8 Å². The number of halogens is 3. The number of carboxylic acids is 1. The van der Waals surface area contributed by atoms with Gasteiger partial charge in [-0.1, -0.05) is 41.4 Å². The van der Waals surface area contributed by atoms with E-state index >= 15 is 0 Å². The van der Waals surface area contributed by atoms with E-state index in [4.69, 9.17) is 32.4 Å². The first-order valence-corrected chi connectivity index (χ1v) is 12.1. The van der Waals surface area contributed by atoms with Crippen LogP contribution in [0.25, 0.3) is 17.5 Å². The number of hydrogen-bond acceptors (Lipinski definition) is 6. The van der Waals surface area contributed by atoms with Crippen LogP contribution < -0.4 is 4.74 Å². The molecule has 0 atom stereocenters. The van der Waals surface area contributed by atoms with Crippen LogP contribution in [-0.4, -0.2) is 21.3 Å². The van der Waals surface area contributed by atoms with Crippen LogP contribution in [0.2, 0.25) is 10.0 Å². The number of ether oxygens (including phenoxy) is 1. The molecule has 0 fully saturated rings. The maximum absolute atomic E-state index is 11.8. The van der Waals surface area contributed by atoms with E-state index in [2.05, 4.69) is 26.1 Å². The molecule has 4 aromatic rings. The van der Waals surface area contributed by atoms with Gasteiger partial charge in [0.15, 0.2) is 0 Å². The van der Waals surface area contributed by atoms with Crippen molar-refractivity contribution in [1.82, 2.24) is 10.2 Å². The third-order valence-electron chi connectivity index (χ3n) is 4.47. The number of carboxylic acid groups (broad SMARTS) is 1. The molecule has 0 unspecified atom stereocenters. The maximum atomic E-state index is 11.8. The molecule has 0 saturated carbocycles. The molecule has 0 bridgehead atoms. The Bertz CT molecular complexity index is 1340. The average molecular weight is 578 g/mol. The molecule has 0 aliphatic carbocycles. The van der Waals surface area contributed by atoms with Gasteiger partial charge in [-0.05, 0) is 93.4 Å². The second-order valence-corrected chi connectivity index (χ2v) is 9.62. The molecule has 0 radical (unpaired) electrons. The molecule has 0 amide bonds. The topological polar surface area (TPSA) is 85.5 Å². The fourth-order valence-electron chi connectivity index (χ4n) is 2.81. The predicted octanol–water partition coefficient (Wildman–Crippen LogP) is 7.60. The van der Waals surface area contributed by atoms with Crippen molar-refractivity contribution in [3.63, 3.8) is 0 Å². The summed E-state index contributed by atoms with van der Waals surface area (Å²) in [6, 6.07) is 19.6. The molecule has 6 nitrogen and oxygen atoms in total. The fourth-order valence-corrected chi connectivity index (χ4v) is 4.24. The van der Waals surface area contributed by atoms with Gasteiger partial charge in [-0.15, -0.1) is 10.2 Å². The third-order valence-corrected chi connectivity index (χ3v) is 6.44. The Morgan fingerprint density at radius 1 is 1.03 bits per heavy atom. The first kappa shape index (κ1) is 24.3. The van der Waals surface area contributed by atoms with Gasteiger partial charge in [0, 0.05) is 15.6 Å². The predicted molar refractivity (Wildman–Crippen MR) is 136 cm³/mol. The number of thioether (sulfide) groups is 1. The number of hydrogen-bond donors (Lipinski definition) is 1. The monoisotopic (exact) mass is 576 g/mol. The summed E-state index contributed by atoms with van der Waals surface area (Å²) in [6.07, 6.45) is 1.52. The highest BCUT2D eigenvalue weighted by atomic mass is 79.9. The van der Waals surface area contributed by atoms with Crippen LogP contribution in [0.3, 0.4) is 0 Å². The highest BCUT2D eigenvalue weighted by Crippen LogP contribution is 2.32. The van der Waals surface area contributed by atoms with E-state index in [-0.39, 0.29) is 16.0 Å². The first-order chi connectivity index (χ1) is 16.4. The average Bonchev–Trinajstić information content (AvgIpc) is 3.28. The smallest absolute Gasteiger partial charge is 0.342 e. The molecule has 10 heteroatoms. The van der Waals surface area contributed by atoms with E-state index in [0.717, 1.165) is 17.3 Å². The highest BCUT2D eigenvalue weighted by Gasteiger charge is 2.16. The number of aromatic nitrogens is 2. The van der Waals surface area contributed by atoms with Crippen molar-refractivity contribution in [2.75, 3.05) is 0 Å². The van der Waals surface area contributed by atoms with Gasteiger partial charge >= 0.3 is 5.97 Å². The summed E-state index contributed by atoms with van der Waals surface area (Å²) in [7, 11) is 0. The van der Waals surface area contributed by atoms with Crippen molar-refractivity contribution in [3.8, 4) is 17.2 Å². The minimum Gasteiger partial charge on any atom is -0.488 e. The fraction of sp³-hybridized carbons (Fsp3) is 0.0417. The minimum absolute atomic E-state index is 0.0213. The molecule has 0 aliphatic rings. The Hall–Kier alpha value is -2.78. The number of rotatable bonds is 8. The van der Waals surface area contributed by atoms with Crippen LogP contribution in [0.4, 0.5) is 0 Å². The third kappa shape index (κ3) is 6.42. The molecule has 1 aromatic heterocycles. The molecule has 3 aromatic carbocycles. The van der Waals surface area contributed by atoms with Gasteiger partial charge in [0.2, 0.25) is 5.89 Å². The van der Waals surface area contributed by atoms with Crippen LogP contribution >= 0.6 is 50.9 Å². The standard InChI is InChI=1S/C24H15BrCl2N2O4S/c25-19-11-15(3-10-20(19)32-13-14-1-6-17(26)7-2-14)12-21(23(30)31)34-24-29-28-22(33-24)16-4-8-18(27)9-5-16/h1-12H,13H2,(H,30,31)/b21-12-. The Kier molecular flexibility index (Phi) is 7.95. The summed E-state index contributed by atoms with van der Waals surface area (Å²) < 4.78 is 12.1. The van der Waals surface area contributed by atoms with Gasteiger partial charge in [0.05, 0.1) is 4.47 Å². The Labute approximate surface area is 217 Å². The largest absolute Gasteiger partial charge is 0.488 e. The second-order valence-electron chi connectivity index (χ2n) is 6.90.